The monoisotopic (exact) mass is 546 g/mol. The molecule has 3 rings (SSSR count). The van der Waals surface area contributed by atoms with Crippen LogP contribution in [-0.4, -0.2) is 33.0 Å². The largest absolute Gasteiger partial charge is 0.496 e. The number of hydrogen-bond donors (Lipinski definition) is 0. The highest BCUT2D eigenvalue weighted by molar-refractivity contribution is 5.97. The van der Waals surface area contributed by atoms with Gasteiger partial charge in [-0.15, -0.1) is 0 Å². The van der Waals surface area contributed by atoms with Crippen molar-refractivity contribution < 1.29 is 46.4 Å². The van der Waals surface area contributed by atoms with Gasteiger partial charge in [-0.3, -0.25) is 0 Å². The predicted molar refractivity (Wildman–Crippen MR) is 136 cm³/mol. The van der Waals surface area contributed by atoms with Gasteiger partial charge in [0.15, 0.2) is 6.79 Å². The van der Waals surface area contributed by atoms with Crippen LogP contribution in [0.2, 0.25) is 0 Å². The van der Waals surface area contributed by atoms with Crippen molar-refractivity contribution in [1.29, 1.82) is 0 Å². The lowest BCUT2D eigenvalue weighted by Gasteiger charge is -2.23. The lowest BCUT2D eigenvalue weighted by atomic mass is 9.91. The summed E-state index contributed by atoms with van der Waals surface area (Å²) in [7, 11) is 2.75. The molecule has 0 N–H and O–H groups in total. The molecule has 0 bridgehead atoms. The summed E-state index contributed by atoms with van der Waals surface area (Å²) in [6.45, 7) is 5.38. The van der Waals surface area contributed by atoms with E-state index < -0.39 is 35.0 Å². The molecule has 0 aliphatic rings. The molecule has 0 unspecified atom stereocenters. The van der Waals surface area contributed by atoms with E-state index in [1.165, 1.54) is 40.2 Å². The molecule has 0 saturated heterocycles. The number of hydrogen-bond acceptors (Lipinski definition) is 7. The number of benzene rings is 3. The van der Waals surface area contributed by atoms with E-state index in [2.05, 4.69) is 0 Å². The number of alkyl halides is 3. The van der Waals surface area contributed by atoms with Crippen LogP contribution in [-0.2, 0) is 22.3 Å². The summed E-state index contributed by atoms with van der Waals surface area (Å²) in [5.74, 6) is -2.28. The van der Waals surface area contributed by atoms with Crippen LogP contribution in [0.4, 0.5) is 13.2 Å². The van der Waals surface area contributed by atoms with Gasteiger partial charge in [0.05, 0.1) is 12.7 Å². The minimum atomic E-state index is -4.94. The lowest BCUT2D eigenvalue weighted by Crippen LogP contribution is -2.21. The fourth-order valence-electron chi connectivity index (χ4n) is 4.19. The van der Waals surface area contributed by atoms with Crippen LogP contribution in [0.5, 0.6) is 17.2 Å². The summed E-state index contributed by atoms with van der Waals surface area (Å²) >= 11 is 0. The van der Waals surface area contributed by atoms with Crippen LogP contribution in [0.1, 0.15) is 54.1 Å². The molecule has 0 fully saturated rings. The van der Waals surface area contributed by atoms with Gasteiger partial charge < -0.3 is 23.7 Å². The Morgan fingerprint density at radius 2 is 1.51 bits per heavy atom. The molecule has 0 aromatic heterocycles. The standard InChI is InChI=1S/C29H29F3O7/c1-16-12-21(38-15-35-5)13-22(36-6)23(16)28(34)39-26-18(3)17(2)24(19(4)25(26)29(30,31)32)27(33)37-14-20-10-8-7-9-11-20/h7-13H,14-15H2,1-6H3. The Labute approximate surface area is 224 Å². The van der Waals surface area contributed by atoms with Crippen molar-refractivity contribution >= 4 is 11.9 Å². The second-order valence-corrected chi connectivity index (χ2v) is 8.77. The number of ether oxygens (including phenoxy) is 5. The number of carbonyl (C=O) groups is 2. The van der Waals surface area contributed by atoms with Crippen molar-refractivity contribution in [2.24, 2.45) is 0 Å². The molecular formula is C29H29F3O7. The summed E-state index contributed by atoms with van der Waals surface area (Å²) in [6.07, 6.45) is -4.94. The zero-order valence-corrected chi connectivity index (χ0v) is 22.4. The fourth-order valence-corrected chi connectivity index (χ4v) is 4.19. The molecule has 39 heavy (non-hydrogen) atoms. The van der Waals surface area contributed by atoms with Crippen molar-refractivity contribution in [2.75, 3.05) is 21.0 Å². The molecule has 3 aromatic carbocycles. The summed E-state index contributed by atoms with van der Waals surface area (Å²) in [5.41, 5.74) is -0.729. The fraction of sp³-hybridized carbons (Fsp3) is 0.310. The summed E-state index contributed by atoms with van der Waals surface area (Å²) in [6, 6.07) is 11.7. The lowest BCUT2D eigenvalue weighted by molar-refractivity contribution is -0.139. The third-order valence-electron chi connectivity index (χ3n) is 6.19. The summed E-state index contributed by atoms with van der Waals surface area (Å²) < 4.78 is 69.4. The molecule has 0 amide bonds. The molecule has 10 heteroatoms. The van der Waals surface area contributed by atoms with E-state index in [9.17, 15) is 22.8 Å². The normalized spacial score (nSPS) is 11.2. The molecular weight excluding hydrogens is 517 g/mol. The van der Waals surface area contributed by atoms with Crippen LogP contribution in [0.3, 0.4) is 0 Å². The van der Waals surface area contributed by atoms with Gasteiger partial charge in [-0.25, -0.2) is 9.59 Å². The summed E-state index contributed by atoms with van der Waals surface area (Å²) in [4.78, 5) is 26.2. The first-order chi connectivity index (χ1) is 18.4. The topological polar surface area (TPSA) is 80.3 Å². The van der Waals surface area contributed by atoms with Gasteiger partial charge in [-0.05, 0) is 61.6 Å². The third kappa shape index (κ3) is 6.51. The predicted octanol–water partition coefficient (Wildman–Crippen LogP) is 6.51. The van der Waals surface area contributed by atoms with Crippen LogP contribution < -0.4 is 14.2 Å². The maximum atomic E-state index is 14.4. The molecule has 208 valence electrons. The van der Waals surface area contributed by atoms with E-state index in [1.807, 2.05) is 0 Å². The van der Waals surface area contributed by atoms with Crippen LogP contribution in [0.25, 0.3) is 0 Å². The first-order valence-corrected chi connectivity index (χ1v) is 11.8. The number of halogens is 3. The SMILES string of the molecule is COCOc1cc(C)c(C(=O)Oc2c(C)c(C)c(C(=O)OCc3ccccc3)c(C)c2C(F)(F)F)c(OC)c1. The molecule has 3 aromatic rings. The van der Waals surface area contributed by atoms with E-state index in [-0.39, 0.29) is 41.4 Å². The molecule has 0 aliphatic heterocycles. The molecule has 0 aliphatic carbocycles. The van der Waals surface area contributed by atoms with Gasteiger partial charge in [0.2, 0.25) is 0 Å². The molecule has 0 heterocycles. The zero-order valence-electron chi connectivity index (χ0n) is 22.4. The molecule has 0 spiro atoms. The highest BCUT2D eigenvalue weighted by Gasteiger charge is 2.41. The van der Waals surface area contributed by atoms with Gasteiger partial charge >= 0.3 is 18.1 Å². The maximum absolute atomic E-state index is 14.4. The number of esters is 2. The quantitative estimate of drug-likeness (QED) is 0.172. The van der Waals surface area contributed by atoms with Crippen LogP contribution >= 0.6 is 0 Å². The Balaban J connectivity index is 2.04. The van der Waals surface area contributed by atoms with E-state index in [0.717, 1.165) is 6.92 Å². The Morgan fingerprint density at radius 3 is 2.10 bits per heavy atom. The maximum Gasteiger partial charge on any atom is 0.420 e. The van der Waals surface area contributed by atoms with Gasteiger partial charge in [0.25, 0.3) is 0 Å². The number of carbonyl (C=O) groups excluding carboxylic acids is 2. The van der Waals surface area contributed by atoms with E-state index in [0.29, 0.717) is 16.9 Å². The first-order valence-electron chi connectivity index (χ1n) is 11.8. The molecule has 7 nitrogen and oxygen atoms in total. The van der Waals surface area contributed by atoms with E-state index in [1.54, 1.807) is 37.3 Å². The van der Waals surface area contributed by atoms with Gasteiger partial charge in [0.1, 0.15) is 35.0 Å². The molecule has 0 atom stereocenters. The number of methoxy groups -OCH3 is 2. The number of aryl methyl sites for hydroxylation is 1. The Kier molecular flexibility index (Phi) is 9.24. The smallest absolute Gasteiger partial charge is 0.420 e. The van der Waals surface area contributed by atoms with Gasteiger partial charge in [0, 0.05) is 13.2 Å². The minimum Gasteiger partial charge on any atom is -0.496 e. The third-order valence-corrected chi connectivity index (χ3v) is 6.19. The Bertz CT molecular complexity index is 1370. The Hall–Kier alpha value is -4.05. The highest BCUT2D eigenvalue weighted by atomic mass is 19.4. The Morgan fingerprint density at radius 1 is 0.846 bits per heavy atom. The van der Waals surface area contributed by atoms with E-state index in [4.69, 9.17) is 23.7 Å². The first kappa shape index (κ1) is 29.5. The zero-order chi connectivity index (χ0) is 28.9. The van der Waals surface area contributed by atoms with Crippen molar-refractivity contribution in [3.63, 3.8) is 0 Å². The highest BCUT2D eigenvalue weighted by Crippen LogP contribution is 2.44. The van der Waals surface area contributed by atoms with Crippen molar-refractivity contribution in [3.8, 4) is 17.2 Å². The molecule has 0 radical (unpaired) electrons. The average Bonchev–Trinajstić information content (AvgIpc) is 2.88. The number of rotatable bonds is 9. The van der Waals surface area contributed by atoms with Gasteiger partial charge in [-0.2, -0.15) is 13.2 Å². The van der Waals surface area contributed by atoms with Crippen molar-refractivity contribution in [3.05, 3.63) is 87.0 Å². The second-order valence-electron chi connectivity index (χ2n) is 8.77. The van der Waals surface area contributed by atoms with Crippen molar-refractivity contribution in [1.82, 2.24) is 0 Å². The van der Waals surface area contributed by atoms with E-state index >= 15 is 0 Å². The molecule has 0 saturated carbocycles. The minimum absolute atomic E-state index is 0.0235. The summed E-state index contributed by atoms with van der Waals surface area (Å²) in [5, 5.41) is 0. The second kappa shape index (κ2) is 12.2. The average molecular weight is 547 g/mol. The van der Waals surface area contributed by atoms with Crippen LogP contribution in [0, 0.1) is 27.7 Å². The van der Waals surface area contributed by atoms with Gasteiger partial charge in [-0.1, -0.05) is 30.3 Å². The van der Waals surface area contributed by atoms with Crippen molar-refractivity contribution in [2.45, 2.75) is 40.5 Å². The van der Waals surface area contributed by atoms with Crippen LogP contribution in [0.15, 0.2) is 42.5 Å².